The van der Waals surface area contributed by atoms with E-state index >= 15 is 0 Å². The number of benzene rings is 1. The summed E-state index contributed by atoms with van der Waals surface area (Å²) < 4.78 is 0. The summed E-state index contributed by atoms with van der Waals surface area (Å²) in [6, 6.07) is 9.33. The van der Waals surface area contributed by atoms with Gasteiger partial charge in [0.25, 0.3) is 5.69 Å². The van der Waals surface area contributed by atoms with Crippen molar-refractivity contribution in [1.29, 1.82) is 10.5 Å². The second-order valence-electron chi connectivity index (χ2n) is 3.03. The highest BCUT2D eigenvalue weighted by Crippen LogP contribution is 2.21. The molecule has 0 aliphatic heterocycles. The van der Waals surface area contributed by atoms with Crippen molar-refractivity contribution in [3.63, 3.8) is 0 Å². The lowest BCUT2D eigenvalue weighted by atomic mass is 10.0. The Bertz CT molecular complexity index is 531. The zero-order valence-corrected chi connectivity index (χ0v) is 8.47. The Balaban J connectivity index is 3.32. The number of non-ortho nitro benzene ring substituents is 1. The molecule has 78 valence electrons. The molecule has 0 unspecified atom stereocenters. The smallest absolute Gasteiger partial charge is 0.258 e. The minimum absolute atomic E-state index is 0.0412. The fraction of sp³-hybridized carbons (Fsp3) is 0.0909. The molecule has 0 N–H and O–H groups in total. The lowest BCUT2D eigenvalue weighted by Gasteiger charge is -2.00. The number of nitriles is 2. The highest BCUT2D eigenvalue weighted by molar-refractivity contribution is 5.74. The van der Waals surface area contributed by atoms with E-state index in [0.717, 1.165) is 0 Å². The van der Waals surface area contributed by atoms with Crippen LogP contribution in [0, 0.1) is 32.8 Å². The molecule has 0 aliphatic rings. The van der Waals surface area contributed by atoms with Crippen LogP contribution >= 0.6 is 0 Å². The van der Waals surface area contributed by atoms with E-state index in [1.165, 1.54) is 18.2 Å². The van der Waals surface area contributed by atoms with E-state index in [-0.39, 0.29) is 11.3 Å². The number of nitrogens with zero attached hydrogens (tertiary/aromatic N) is 3. The van der Waals surface area contributed by atoms with Crippen LogP contribution in [0.4, 0.5) is 5.69 Å². The lowest BCUT2D eigenvalue weighted by Crippen LogP contribution is -1.90. The Hall–Kier alpha value is -2.66. The molecule has 1 aromatic carbocycles. The molecule has 0 fully saturated rings. The summed E-state index contributed by atoms with van der Waals surface area (Å²) in [6.07, 6.45) is 0. The number of nitro groups is 1. The van der Waals surface area contributed by atoms with Gasteiger partial charge in [0.2, 0.25) is 0 Å². The van der Waals surface area contributed by atoms with Gasteiger partial charge < -0.3 is 0 Å². The predicted octanol–water partition coefficient (Wildman–Crippen LogP) is 2.42. The van der Waals surface area contributed by atoms with Crippen LogP contribution in [-0.2, 0) is 0 Å². The first-order chi connectivity index (χ1) is 7.60. The van der Waals surface area contributed by atoms with Gasteiger partial charge in [0.1, 0.15) is 17.7 Å². The molecule has 1 rings (SSSR count). The van der Waals surface area contributed by atoms with Crippen molar-refractivity contribution in [1.82, 2.24) is 0 Å². The van der Waals surface area contributed by atoms with E-state index in [0.29, 0.717) is 11.1 Å². The van der Waals surface area contributed by atoms with Gasteiger partial charge in [-0.25, -0.2) is 0 Å². The highest BCUT2D eigenvalue weighted by Gasteiger charge is 2.09. The summed E-state index contributed by atoms with van der Waals surface area (Å²) in [6.45, 7) is 1.58. The van der Waals surface area contributed by atoms with Gasteiger partial charge in [0, 0.05) is 12.1 Å². The number of allylic oxidation sites excluding steroid dienone is 2. The molecule has 0 heterocycles. The third kappa shape index (κ3) is 2.23. The normalized spacial score (nSPS) is 8.69. The van der Waals surface area contributed by atoms with Crippen molar-refractivity contribution < 1.29 is 4.92 Å². The standard InChI is InChI=1S/C11H7N3O2/c1-8(10(6-12)7-13)9-3-2-4-11(5-9)14(15)16/h2-5H,1H3. The second-order valence-corrected chi connectivity index (χ2v) is 3.03. The molecule has 5 heteroatoms. The van der Waals surface area contributed by atoms with Crippen molar-refractivity contribution >= 4 is 11.3 Å². The monoisotopic (exact) mass is 213 g/mol. The van der Waals surface area contributed by atoms with Gasteiger partial charge in [-0.2, -0.15) is 10.5 Å². The maximum absolute atomic E-state index is 10.5. The summed E-state index contributed by atoms with van der Waals surface area (Å²) >= 11 is 0. The molecule has 0 spiro atoms. The quantitative estimate of drug-likeness (QED) is 0.428. The summed E-state index contributed by atoms with van der Waals surface area (Å²) in [5.74, 6) is 0. The first-order valence-electron chi connectivity index (χ1n) is 4.36. The summed E-state index contributed by atoms with van der Waals surface area (Å²) in [7, 11) is 0. The number of hydrogen-bond donors (Lipinski definition) is 0. The summed E-state index contributed by atoms with van der Waals surface area (Å²) in [5.41, 5.74) is 0.841. The number of hydrogen-bond acceptors (Lipinski definition) is 4. The van der Waals surface area contributed by atoms with Crippen LogP contribution in [0.3, 0.4) is 0 Å². The molecule has 0 atom stereocenters. The van der Waals surface area contributed by atoms with Crippen LogP contribution in [0.5, 0.6) is 0 Å². The van der Waals surface area contributed by atoms with E-state index in [4.69, 9.17) is 10.5 Å². The zero-order valence-electron chi connectivity index (χ0n) is 8.47. The largest absolute Gasteiger partial charge is 0.270 e. The minimum atomic E-state index is -0.519. The Kier molecular flexibility index (Phi) is 3.37. The molecule has 16 heavy (non-hydrogen) atoms. The van der Waals surface area contributed by atoms with E-state index < -0.39 is 4.92 Å². The van der Waals surface area contributed by atoms with E-state index in [9.17, 15) is 10.1 Å². The third-order valence-electron chi connectivity index (χ3n) is 2.09. The minimum Gasteiger partial charge on any atom is -0.258 e. The Morgan fingerprint density at radius 1 is 1.38 bits per heavy atom. The van der Waals surface area contributed by atoms with Gasteiger partial charge in [-0.1, -0.05) is 12.1 Å². The predicted molar refractivity (Wildman–Crippen MR) is 56.9 cm³/mol. The maximum atomic E-state index is 10.5. The maximum Gasteiger partial charge on any atom is 0.270 e. The molecule has 0 saturated carbocycles. The van der Waals surface area contributed by atoms with E-state index in [1.807, 2.05) is 0 Å². The molecule has 0 saturated heterocycles. The molecular formula is C11H7N3O2. The van der Waals surface area contributed by atoms with Crippen LogP contribution in [0.25, 0.3) is 5.57 Å². The SMILES string of the molecule is CC(=C(C#N)C#N)c1cccc([N+](=O)[O-])c1. The van der Waals surface area contributed by atoms with Gasteiger partial charge in [-0.05, 0) is 18.1 Å². The van der Waals surface area contributed by atoms with Gasteiger partial charge in [0.05, 0.1) is 4.92 Å². The van der Waals surface area contributed by atoms with E-state index in [1.54, 1.807) is 25.1 Å². The second kappa shape index (κ2) is 4.72. The zero-order chi connectivity index (χ0) is 12.1. The molecule has 0 aromatic heterocycles. The summed E-state index contributed by atoms with van der Waals surface area (Å²) in [4.78, 5) is 10.0. The first-order valence-corrected chi connectivity index (χ1v) is 4.36. The lowest BCUT2D eigenvalue weighted by molar-refractivity contribution is -0.384. The fourth-order valence-electron chi connectivity index (χ4n) is 1.19. The van der Waals surface area contributed by atoms with Gasteiger partial charge >= 0.3 is 0 Å². The van der Waals surface area contributed by atoms with E-state index in [2.05, 4.69) is 0 Å². The van der Waals surface area contributed by atoms with Crippen LogP contribution in [0.2, 0.25) is 0 Å². The van der Waals surface area contributed by atoms with Crippen LogP contribution in [-0.4, -0.2) is 4.92 Å². The topological polar surface area (TPSA) is 90.7 Å². The molecular weight excluding hydrogens is 206 g/mol. The Morgan fingerprint density at radius 3 is 2.50 bits per heavy atom. The van der Waals surface area contributed by atoms with Gasteiger partial charge in [0.15, 0.2) is 0 Å². The van der Waals surface area contributed by atoms with Crippen LogP contribution < -0.4 is 0 Å². The van der Waals surface area contributed by atoms with Crippen LogP contribution in [0.15, 0.2) is 29.8 Å². The van der Waals surface area contributed by atoms with Crippen molar-refractivity contribution in [3.05, 3.63) is 45.5 Å². The van der Waals surface area contributed by atoms with Gasteiger partial charge in [-0.3, -0.25) is 10.1 Å². The Morgan fingerprint density at radius 2 is 2.00 bits per heavy atom. The molecule has 0 bridgehead atoms. The molecule has 0 amide bonds. The van der Waals surface area contributed by atoms with Gasteiger partial charge in [-0.15, -0.1) is 0 Å². The first kappa shape index (κ1) is 11.4. The third-order valence-corrected chi connectivity index (χ3v) is 2.09. The van der Waals surface area contributed by atoms with Crippen molar-refractivity contribution in [2.24, 2.45) is 0 Å². The van der Waals surface area contributed by atoms with Crippen LogP contribution in [0.1, 0.15) is 12.5 Å². The highest BCUT2D eigenvalue weighted by atomic mass is 16.6. The molecule has 5 nitrogen and oxygen atoms in total. The fourth-order valence-corrected chi connectivity index (χ4v) is 1.19. The molecule has 0 aliphatic carbocycles. The van der Waals surface area contributed by atoms with Crippen molar-refractivity contribution in [2.75, 3.05) is 0 Å². The summed E-state index contributed by atoms with van der Waals surface area (Å²) in [5, 5.41) is 27.9. The Labute approximate surface area is 92.0 Å². The number of nitro benzene ring substituents is 1. The average Bonchev–Trinajstić information content (AvgIpc) is 2.30. The molecule has 1 aromatic rings. The average molecular weight is 213 g/mol. The molecule has 0 radical (unpaired) electrons. The number of rotatable bonds is 2. The van der Waals surface area contributed by atoms with Crippen molar-refractivity contribution in [3.8, 4) is 12.1 Å². The van der Waals surface area contributed by atoms with Crippen molar-refractivity contribution in [2.45, 2.75) is 6.92 Å².